The number of nitrogens with two attached hydrogens (primary N) is 1. The second-order valence-electron chi connectivity index (χ2n) is 4.11. The standard InChI is InChI=1S/C13H22N2O/c1-3-4-5-6-7-10-16-13-12(14)11(2)8-9-15-13/h8-9H,3-7,10,14H2,1-2H3. The van der Waals surface area contributed by atoms with E-state index in [1.807, 2.05) is 13.0 Å². The molecular formula is C13H22N2O. The first-order valence-corrected chi connectivity index (χ1v) is 6.09. The fraction of sp³-hybridized carbons (Fsp3) is 0.615. The van der Waals surface area contributed by atoms with Gasteiger partial charge in [0.1, 0.15) is 0 Å². The van der Waals surface area contributed by atoms with Gasteiger partial charge in [-0.3, -0.25) is 0 Å². The van der Waals surface area contributed by atoms with Crippen molar-refractivity contribution >= 4 is 5.69 Å². The average molecular weight is 222 g/mol. The van der Waals surface area contributed by atoms with Gasteiger partial charge in [0.2, 0.25) is 5.88 Å². The highest BCUT2D eigenvalue weighted by molar-refractivity contribution is 5.53. The fourth-order valence-electron chi connectivity index (χ4n) is 1.53. The molecular weight excluding hydrogens is 200 g/mol. The van der Waals surface area contributed by atoms with Crippen LogP contribution in [0.5, 0.6) is 5.88 Å². The van der Waals surface area contributed by atoms with Gasteiger partial charge < -0.3 is 10.5 Å². The van der Waals surface area contributed by atoms with E-state index in [0.29, 0.717) is 18.2 Å². The van der Waals surface area contributed by atoms with Crippen molar-refractivity contribution in [2.45, 2.75) is 46.0 Å². The molecule has 3 nitrogen and oxygen atoms in total. The molecule has 90 valence electrons. The predicted molar refractivity (Wildman–Crippen MR) is 67.6 cm³/mol. The number of aromatic nitrogens is 1. The van der Waals surface area contributed by atoms with Gasteiger partial charge in [-0.25, -0.2) is 4.98 Å². The molecule has 16 heavy (non-hydrogen) atoms. The molecule has 0 radical (unpaired) electrons. The molecule has 0 aliphatic rings. The molecule has 0 spiro atoms. The van der Waals surface area contributed by atoms with Crippen LogP contribution in [-0.2, 0) is 0 Å². The van der Waals surface area contributed by atoms with Crippen molar-refractivity contribution in [3.63, 3.8) is 0 Å². The van der Waals surface area contributed by atoms with Crippen LogP contribution < -0.4 is 10.5 Å². The maximum Gasteiger partial charge on any atom is 0.237 e. The van der Waals surface area contributed by atoms with Gasteiger partial charge >= 0.3 is 0 Å². The number of anilines is 1. The van der Waals surface area contributed by atoms with Crippen LogP contribution >= 0.6 is 0 Å². The Morgan fingerprint density at radius 3 is 2.75 bits per heavy atom. The number of nitrogen functional groups attached to an aromatic ring is 1. The monoisotopic (exact) mass is 222 g/mol. The van der Waals surface area contributed by atoms with E-state index in [-0.39, 0.29) is 0 Å². The summed E-state index contributed by atoms with van der Waals surface area (Å²) in [5, 5.41) is 0. The van der Waals surface area contributed by atoms with Crippen molar-refractivity contribution < 1.29 is 4.74 Å². The zero-order chi connectivity index (χ0) is 11.8. The number of rotatable bonds is 7. The maximum atomic E-state index is 5.86. The quantitative estimate of drug-likeness (QED) is 0.720. The van der Waals surface area contributed by atoms with Crippen LogP contribution in [-0.4, -0.2) is 11.6 Å². The van der Waals surface area contributed by atoms with Crippen LogP contribution in [0, 0.1) is 6.92 Å². The topological polar surface area (TPSA) is 48.1 Å². The Balaban J connectivity index is 2.24. The van der Waals surface area contributed by atoms with Crippen LogP contribution in [0.4, 0.5) is 5.69 Å². The van der Waals surface area contributed by atoms with Crippen molar-refractivity contribution in [3.05, 3.63) is 17.8 Å². The molecule has 1 aromatic rings. The van der Waals surface area contributed by atoms with Gasteiger partial charge in [-0.2, -0.15) is 0 Å². The number of hydrogen-bond acceptors (Lipinski definition) is 3. The number of aryl methyl sites for hydroxylation is 1. The summed E-state index contributed by atoms with van der Waals surface area (Å²) in [5.74, 6) is 0.579. The molecule has 0 saturated carbocycles. The Bertz CT molecular complexity index is 313. The van der Waals surface area contributed by atoms with Crippen molar-refractivity contribution in [1.82, 2.24) is 4.98 Å². The fourth-order valence-corrected chi connectivity index (χ4v) is 1.53. The number of pyridine rings is 1. The van der Waals surface area contributed by atoms with Crippen LogP contribution in [0.2, 0.25) is 0 Å². The summed E-state index contributed by atoms with van der Waals surface area (Å²) in [4.78, 5) is 4.13. The molecule has 1 aromatic heterocycles. The highest BCUT2D eigenvalue weighted by Gasteiger charge is 2.03. The second-order valence-corrected chi connectivity index (χ2v) is 4.11. The molecule has 0 fully saturated rings. The Kier molecular flexibility index (Phi) is 5.68. The highest BCUT2D eigenvalue weighted by Crippen LogP contribution is 2.21. The van der Waals surface area contributed by atoms with Crippen molar-refractivity contribution in [2.75, 3.05) is 12.3 Å². The average Bonchev–Trinajstić information content (AvgIpc) is 2.29. The van der Waals surface area contributed by atoms with Crippen LogP contribution in [0.1, 0.15) is 44.6 Å². The van der Waals surface area contributed by atoms with Gasteiger partial charge in [-0.1, -0.05) is 32.6 Å². The molecule has 0 unspecified atom stereocenters. The minimum absolute atomic E-state index is 0.579. The van der Waals surface area contributed by atoms with Gasteiger partial charge in [0.05, 0.1) is 12.3 Å². The predicted octanol–water partition coefficient (Wildman–Crippen LogP) is 3.32. The van der Waals surface area contributed by atoms with Crippen LogP contribution in [0.15, 0.2) is 12.3 Å². The van der Waals surface area contributed by atoms with Gasteiger partial charge in [0.15, 0.2) is 0 Å². The lowest BCUT2D eigenvalue weighted by molar-refractivity contribution is 0.295. The largest absolute Gasteiger partial charge is 0.476 e. The van der Waals surface area contributed by atoms with Gasteiger partial charge in [-0.15, -0.1) is 0 Å². The molecule has 0 bridgehead atoms. The van der Waals surface area contributed by atoms with E-state index in [1.165, 1.54) is 25.7 Å². The van der Waals surface area contributed by atoms with E-state index in [4.69, 9.17) is 10.5 Å². The molecule has 3 heteroatoms. The molecule has 0 aliphatic carbocycles. The molecule has 2 N–H and O–H groups in total. The highest BCUT2D eigenvalue weighted by atomic mass is 16.5. The molecule has 0 aromatic carbocycles. The lowest BCUT2D eigenvalue weighted by Gasteiger charge is -2.08. The van der Waals surface area contributed by atoms with E-state index in [2.05, 4.69) is 11.9 Å². The van der Waals surface area contributed by atoms with E-state index < -0.39 is 0 Å². The van der Waals surface area contributed by atoms with Gasteiger partial charge in [0, 0.05) is 6.20 Å². The van der Waals surface area contributed by atoms with Crippen molar-refractivity contribution in [1.29, 1.82) is 0 Å². The van der Waals surface area contributed by atoms with Crippen LogP contribution in [0.25, 0.3) is 0 Å². The van der Waals surface area contributed by atoms with Crippen molar-refractivity contribution in [2.24, 2.45) is 0 Å². The van der Waals surface area contributed by atoms with E-state index >= 15 is 0 Å². The molecule has 1 rings (SSSR count). The molecule has 0 saturated heterocycles. The summed E-state index contributed by atoms with van der Waals surface area (Å²) in [6.45, 7) is 4.89. The van der Waals surface area contributed by atoms with Crippen molar-refractivity contribution in [3.8, 4) is 5.88 Å². The Labute approximate surface area is 98.0 Å². The summed E-state index contributed by atoms with van der Waals surface area (Å²) in [5.41, 5.74) is 7.54. The molecule has 0 amide bonds. The van der Waals surface area contributed by atoms with E-state index in [1.54, 1.807) is 6.20 Å². The summed E-state index contributed by atoms with van der Waals surface area (Å²) < 4.78 is 5.56. The molecule has 1 heterocycles. The number of ether oxygens (including phenoxy) is 1. The maximum absolute atomic E-state index is 5.86. The molecule has 0 atom stereocenters. The first kappa shape index (κ1) is 12.8. The number of nitrogens with zero attached hydrogens (tertiary/aromatic N) is 1. The number of hydrogen-bond donors (Lipinski definition) is 1. The normalized spacial score (nSPS) is 10.4. The summed E-state index contributed by atoms with van der Waals surface area (Å²) in [7, 11) is 0. The third-order valence-electron chi connectivity index (χ3n) is 2.66. The Morgan fingerprint density at radius 1 is 1.25 bits per heavy atom. The molecule has 0 aliphatic heterocycles. The van der Waals surface area contributed by atoms with Gasteiger partial charge in [-0.05, 0) is 25.0 Å². The third-order valence-corrected chi connectivity index (χ3v) is 2.66. The van der Waals surface area contributed by atoms with E-state index in [9.17, 15) is 0 Å². The minimum atomic E-state index is 0.579. The third kappa shape index (κ3) is 4.09. The Morgan fingerprint density at radius 2 is 2.00 bits per heavy atom. The first-order valence-electron chi connectivity index (χ1n) is 6.09. The summed E-state index contributed by atoms with van der Waals surface area (Å²) >= 11 is 0. The zero-order valence-electron chi connectivity index (χ0n) is 10.3. The first-order chi connectivity index (χ1) is 7.75. The SMILES string of the molecule is CCCCCCCOc1nccc(C)c1N. The lowest BCUT2D eigenvalue weighted by atomic mass is 10.2. The van der Waals surface area contributed by atoms with Crippen LogP contribution in [0.3, 0.4) is 0 Å². The lowest BCUT2D eigenvalue weighted by Crippen LogP contribution is -2.03. The summed E-state index contributed by atoms with van der Waals surface area (Å²) in [6, 6.07) is 1.89. The van der Waals surface area contributed by atoms with E-state index in [0.717, 1.165) is 12.0 Å². The smallest absolute Gasteiger partial charge is 0.237 e. The van der Waals surface area contributed by atoms with Gasteiger partial charge in [0.25, 0.3) is 0 Å². The summed E-state index contributed by atoms with van der Waals surface area (Å²) in [6.07, 6.45) is 7.90. The zero-order valence-corrected chi connectivity index (χ0v) is 10.3. The second kappa shape index (κ2) is 7.09. The Hall–Kier alpha value is -1.25. The number of unbranched alkanes of at least 4 members (excludes halogenated alkanes) is 4. The minimum Gasteiger partial charge on any atom is -0.476 e.